The van der Waals surface area contributed by atoms with Gasteiger partial charge in [0.1, 0.15) is 0 Å². The molecular weight excluding hydrogens is 155 g/mol. The number of halogens is 1. The topological polar surface area (TPSA) is 25.2 Å². The second kappa shape index (κ2) is 3.76. The van der Waals surface area contributed by atoms with Crippen LogP contribution in [0.1, 0.15) is 12.5 Å². The van der Waals surface area contributed by atoms with Gasteiger partial charge in [0.05, 0.1) is 5.69 Å². The fourth-order valence-corrected chi connectivity index (χ4v) is 0.876. The van der Waals surface area contributed by atoms with Crippen molar-refractivity contribution in [3.05, 3.63) is 29.9 Å². The number of pyridine rings is 1. The van der Waals surface area contributed by atoms with Crippen LogP contribution in [0.25, 0.3) is 6.08 Å². The molecule has 0 bridgehead atoms. The standard InChI is InChI=1S/C9H9FN2/c1-3-4-7-6-12-9(10)5-8(7)11-2/h3-6H,2H2,1H3/b4-3-. The summed E-state index contributed by atoms with van der Waals surface area (Å²) in [6.45, 7) is 5.21. The summed E-state index contributed by atoms with van der Waals surface area (Å²) in [6.07, 6.45) is 5.07. The van der Waals surface area contributed by atoms with Gasteiger partial charge in [0, 0.05) is 17.8 Å². The Labute approximate surface area is 70.5 Å². The summed E-state index contributed by atoms with van der Waals surface area (Å²) in [6, 6.07) is 1.25. The van der Waals surface area contributed by atoms with E-state index in [1.165, 1.54) is 12.3 Å². The largest absolute Gasteiger partial charge is 0.264 e. The molecule has 1 rings (SSSR count). The minimum absolute atomic E-state index is 0.514. The number of nitrogens with zero attached hydrogens (tertiary/aromatic N) is 2. The molecule has 1 aromatic heterocycles. The van der Waals surface area contributed by atoms with Gasteiger partial charge in [0.25, 0.3) is 0 Å². The van der Waals surface area contributed by atoms with Gasteiger partial charge >= 0.3 is 0 Å². The monoisotopic (exact) mass is 164 g/mol. The third-order valence-electron chi connectivity index (χ3n) is 1.40. The molecule has 62 valence electrons. The summed E-state index contributed by atoms with van der Waals surface area (Å²) in [5.41, 5.74) is 1.29. The van der Waals surface area contributed by atoms with E-state index in [9.17, 15) is 4.39 Å². The lowest BCUT2D eigenvalue weighted by Gasteiger charge is -1.97. The van der Waals surface area contributed by atoms with Crippen LogP contribution in [0.15, 0.2) is 23.3 Å². The minimum Gasteiger partial charge on any atom is -0.264 e. The van der Waals surface area contributed by atoms with Gasteiger partial charge in [-0.3, -0.25) is 4.99 Å². The fraction of sp³-hybridized carbons (Fsp3) is 0.111. The van der Waals surface area contributed by atoms with Crippen LogP contribution in [0.2, 0.25) is 0 Å². The van der Waals surface area contributed by atoms with Gasteiger partial charge in [-0.25, -0.2) is 4.98 Å². The van der Waals surface area contributed by atoms with Gasteiger partial charge in [-0.1, -0.05) is 12.2 Å². The molecule has 0 N–H and O–H groups in total. The maximum Gasteiger partial charge on any atom is 0.214 e. The Kier molecular flexibility index (Phi) is 2.69. The Balaban J connectivity index is 3.19. The summed E-state index contributed by atoms with van der Waals surface area (Å²) >= 11 is 0. The van der Waals surface area contributed by atoms with E-state index >= 15 is 0 Å². The van der Waals surface area contributed by atoms with Crippen LogP contribution in [-0.4, -0.2) is 11.7 Å². The Bertz CT molecular complexity index is 318. The molecule has 0 atom stereocenters. The zero-order valence-corrected chi connectivity index (χ0v) is 6.79. The van der Waals surface area contributed by atoms with E-state index in [0.29, 0.717) is 5.69 Å². The summed E-state index contributed by atoms with van der Waals surface area (Å²) in [4.78, 5) is 7.17. The number of rotatable bonds is 2. The molecule has 0 radical (unpaired) electrons. The summed E-state index contributed by atoms with van der Waals surface area (Å²) in [7, 11) is 0. The molecule has 0 spiro atoms. The second-order valence-electron chi connectivity index (χ2n) is 2.22. The van der Waals surface area contributed by atoms with Crippen molar-refractivity contribution in [2.45, 2.75) is 6.92 Å². The average molecular weight is 164 g/mol. The molecule has 0 aliphatic carbocycles. The van der Waals surface area contributed by atoms with Gasteiger partial charge in [-0.05, 0) is 13.6 Å². The predicted molar refractivity (Wildman–Crippen MR) is 48.1 cm³/mol. The number of aromatic nitrogens is 1. The molecular formula is C9H9FN2. The van der Waals surface area contributed by atoms with Crippen LogP contribution < -0.4 is 0 Å². The predicted octanol–water partition coefficient (Wildman–Crippen LogP) is 2.59. The van der Waals surface area contributed by atoms with Crippen LogP contribution >= 0.6 is 0 Å². The van der Waals surface area contributed by atoms with Gasteiger partial charge in [-0.2, -0.15) is 4.39 Å². The molecule has 1 heterocycles. The maximum atomic E-state index is 12.6. The maximum absolute atomic E-state index is 12.6. The molecule has 12 heavy (non-hydrogen) atoms. The van der Waals surface area contributed by atoms with Crippen molar-refractivity contribution in [3.8, 4) is 0 Å². The van der Waals surface area contributed by atoms with Crippen LogP contribution in [0.3, 0.4) is 0 Å². The SMILES string of the molecule is C=Nc1cc(F)ncc1/C=C\C. The van der Waals surface area contributed by atoms with Crippen LogP contribution in [0.4, 0.5) is 10.1 Å². The summed E-state index contributed by atoms with van der Waals surface area (Å²) < 4.78 is 12.6. The highest BCUT2D eigenvalue weighted by Crippen LogP contribution is 2.19. The van der Waals surface area contributed by atoms with E-state index < -0.39 is 5.95 Å². The molecule has 3 heteroatoms. The van der Waals surface area contributed by atoms with Gasteiger partial charge < -0.3 is 0 Å². The zero-order chi connectivity index (χ0) is 8.97. The zero-order valence-electron chi connectivity index (χ0n) is 6.79. The van der Waals surface area contributed by atoms with E-state index in [-0.39, 0.29) is 0 Å². The molecule has 0 saturated heterocycles. The van der Waals surface area contributed by atoms with E-state index in [1.54, 1.807) is 6.08 Å². The van der Waals surface area contributed by atoms with Crippen molar-refractivity contribution in [3.63, 3.8) is 0 Å². The van der Waals surface area contributed by atoms with Gasteiger partial charge in [-0.15, -0.1) is 0 Å². The molecule has 0 amide bonds. The third kappa shape index (κ3) is 1.75. The van der Waals surface area contributed by atoms with Crippen molar-refractivity contribution < 1.29 is 4.39 Å². The molecule has 0 aliphatic heterocycles. The first kappa shape index (κ1) is 8.59. The first-order chi connectivity index (χ1) is 5.77. The number of allylic oxidation sites excluding steroid dienone is 1. The first-order valence-corrected chi connectivity index (χ1v) is 3.53. The molecule has 0 aliphatic rings. The molecule has 0 aromatic carbocycles. The quantitative estimate of drug-likeness (QED) is 0.487. The second-order valence-corrected chi connectivity index (χ2v) is 2.22. The van der Waals surface area contributed by atoms with E-state index in [1.807, 2.05) is 13.0 Å². The fourth-order valence-electron chi connectivity index (χ4n) is 0.876. The lowest BCUT2D eigenvalue weighted by molar-refractivity contribution is 0.584. The highest BCUT2D eigenvalue weighted by Gasteiger charge is 1.99. The Morgan fingerprint density at radius 3 is 3.00 bits per heavy atom. The Hall–Kier alpha value is -1.51. The Morgan fingerprint density at radius 1 is 1.67 bits per heavy atom. The highest BCUT2D eigenvalue weighted by molar-refractivity contribution is 5.64. The molecule has 1 aromatic rings. The lowest BCUT2D eigenvalue weighted by atomic mass is 10.2. The number of hydrogen-bond donors (Lipinski definition) is 0. The van der Waals surface area contributed by atoms with Gasteiger partial charge in [0.2, 0.25) is 5.95 Å². The third-order valence-corrected chi connectivity index (χ3v) is 1.40. The van der Waals surface area contributed by atoms with Crippen LogP contribution in [0, 0.1) is 5.95 Å². The molecule has 0 unspecified atom stereocenters. The van der Waals surface area contributed by atoms with Crippen molar-refractivity contribution in [2.75, 3.05) is 0 Å². The number of hydrogen-bond acceptors (Lipinski definition) is 2. The summed E-state index contributed by atoms with van der Waals surface area (Å²) in [5.74, 6) is -0.536. The average Bonchev–Trinajstić information content (AvgIpc) is 2.08. The first-order valence-electron chi connectivity index (χ1n) is 3.53. The number of aliphatic imine (C=N–C) groups is 1. The summed E-state index contributed by atoms with van der Waals surface area (Å²) in [5, 5.41) is 0. The van der Waals surface area contributed by atoms with E-state index in [0.717, 1.165) is 5.56 Å². The van der Waals surface area contributed by atoms with Crippen molar-refractivity contribution >= 4 is 18.5 Å². The van der Waals surface area contributed by atoms with Crippen molar-refractivity contribution in [2.24, 2.45) is 4.99 Å². The van der Waals surface area contributed by atoms with Crippen molar-refractivity contribution in [1.29, 1.82) is 0 Å². The highest BCUT2D eigenvalue weighted by atomic mass is 19.1. The minimum atomic E-state index is -0.536. The van der Waals surface area contributed by atoms with Gasteiger partial charge in [0.15, 0.2) is 0 Å². The van der Waals surface area contributed by atoms with Crippen LogP contribution in [0.5, 0.6) is 0 Å². The Morgan fingerprint density at radius 2 is 2.42 bits per heavy atom. The molecule has 0 saturated carbocycles. The smallest absolute Gasteiger partial charge is 0.214 e. The van der Waals surface area contributed by atoms with E-state index in [4.69, 9.17) is 0 Å². The van der Waals surface area contributed by atoms with E-state index in [2.05, 4.69) is 16.7 Å². The molecule has 0 fully saturated rings. The normalized spacial score (nSPS) is 10.5. The lowest BCUT2D eigenvalue weighted by Crippen LogP contribution is -1.83. The molecule has 2 nitrogen and oxygen atoms in total. The van der Waals surface area contributed by atoms with Crippen molar-refractivity contribution in [1.82, 2.24) is 4.98 Å². The van der Waals surface area contributed by atoms with Crippen LogP contribution in [-0.2, 0) is 0 Å².